The molecule has 2 aromatic carbocycles. The lowest BCUT2D eigenvalue weighted by molar-refractivity contribution is -0.141. The highest BCUT2D eigenvalue weighted by Gasteiger charge is 2.64. The number of aromatic nitrogens is 1. The van der Waals surface area contributed by atoms with E-state index in [0.29, 0.717) is 62.1 Å². The van der Waals surface area contributed by atoms with E-state index in [0.717, 1.165) is 29.3 Å². The van der Waals surface area contributed by atoms with E-state index in [9.17, 15) is 27.6 Å². The number of anilines is 1. The second-order valence-corrected chi connectivity index (χ2v) is 18.8. The van der Waals surface area contributed by atoms with Crippen molar-refractivity contribution in [2.45, 2.75) is 112 Å². The first kappa shape index (κ1) is 37.9. The first-order chi connectivity index (χ1) is 26.7. The second kappa shape index (κ2) is 14.2. The second-order valence-electron chi connectivity index (χ2n) is 16.6. The molecule has 5 amide bonds. The molecule has 5 aliphatic rings. The van der Waals surface area contributed by atoms with E-state index in [-0.39, 0.29) is 19.4 Å². The van der Waals surface area contributed by atoms with Crippen LogP contribution in [0.4, 0.5) is 10.5 Å². The van der Waals surface area contributed by atoms with Crippen molar-refractivity contribution in [1.82, 2.24) is 25.2 Å². The lowest BCUT2D eigenvalue weighted by atomic mass is 9.87. The quantitative estimate of drug-likeness (QED) is 0.310. The lowest BCUT2D eigenvalue weighted by Gasteiger charge is -2.36. The molecule has 56 heavy (non-hydrogen) atoms. The zero-order valence-electron chi connectivity index (χ0n) is 32.2. The Morgan fingerprint density at radius 1 is 1.00 bits per heavy atom. The highest BCUT2D eigenvalue weighted by atomic mass is 32.2. The van der Waals surface area contributed by atoms with Crippen LogP contribution < -0.4 is 25.0 Å². The minimum atomic E-state index is -3.98. The van der Waals surface area contributed by atoms with Crippen molar-refractivity contribution < 1.29 is 32.3 Å². The topological polar surface area (TPSA) is 167 Å². The number of sulfonamides is 1. The van der Waals surface area contributed by atoms with Crippen LogP contribution in [0.3, 0.4) is 0 Å². The van der Waals surface area contributed by atoms with E-state index in [1.807, 2.05) is 73.7 Å². The molecule has 296 valence electrons. The molecule has 13 nitrogen and oxygen atoms in total. The number of nitrogens with one attached hydrogen (secondary N) is 3. The maximum absolute atomic E-state index is 14.9. The van der Waals surface area contributed by atoms with Crippen molar-refractivity contribution in [1.29, 1.82) is 0 Å². The van der Waals surface area contributed by atoms with Crippen molar-refractivity contribution in [3.8, 4) is 5.75 Å². The van der Waals surface area contributed by atoms with Gasteiger partial charge in [0.1, 0.15) is 29.0 Å². The number of ether oxygens (including phenoxy) is 1. The zero-order valence-corrected chi connectivity index (χ0v) is 33.0. The van der Waals surface area contributed by atoms with Gasteiger partial charge < -0.3 is 20.3 Å². The van der Waals surface area contributed by atoms with E-state index >= 15 is 0 Å². The number of nitrogens with zero attached hydrogens (tertiary/aromatic N) is 3. The summed E-state index contributed by atoms with van der Waals surface area (Å²) in [5, 5.41) is 6.94. The molecule has 3 fully saturated rings. The van der Waals surface area contributed by atoms with Crippen LogP contribution in [0.5, 0.6) is 5.75 Å². The third-order valence-corrected chi connectivity index (χ3v) is 14.8. The standard InChI is InChI=1S/C42H50N6O7S/c1-27-35-31(30-17-12-13-18-32(30)43-27)20-21-41(55-35)25-34-36(49)45-42(38(51)46-56(53,54)40(2)22-23-40)24-28(42)14-8-5-4-6-11-19-33(37(50)48(34)26-41)44-39(52)47(3)29-15-9-7-10-16-29/h7-10,12-18,28,33-34H,4-6,11,19-26H2,1-3H3,(H,44,52)(H,45,49)(H,46,51)/b14-8-/t28-,33+,34+,41-,42-/m1/s1. The van der Waals surface area contributed by atoms with Gasteiger partial charge in [-0.3, -0.25) is 24.0 Å². The predicted octanol–water partition coefficient (Wildman–Crippen LogP) is 4.82. The summed E-state index contributed by atoms with van der Waals surface area (Å²) in [6, 6.07) is 14.6. The fourth-order valence-electron chi connectivity index (χ4n) is 8.66. The number of aryl methyl sites for hydroxylation is 2. The van der Waals surface area contributed by atoms with Crippen molar-refractivity contribution in [2.24, 2.45) is 5.92 Å². The predicted molar refractivity (Wildman–Crippen MR) is 211 cm³/mol. The Kier molecular flexibility index (Phi) is 9.61. The lowest BCUT2D eigenvalue weighted by Crippen LogP contribution is -2.59. The van der Waals surface area contributed by atoms with Crippen LogP contribution in [0.1, 0.15) is 82.4 Å². The summed E-state index contributed by atoms with van der Waals surface area (Å²) in [6.07, 6.45) is 9.61. The number of allylic oxidation sites excluding steroid dienone is 1. The molecule has 0 bridgehead atoms. The molecule has 2 saturated carbocycles. The molecule has 3 N–H and O–H groups in total. The summed E-state index contributed by atoms with van der Waals surface area (Å²) < 4.78 is 34.6. The molecule has 5 atom stereocenters. The van der Waals surface area contributed by atoms with Crippen LogP contribution >= 0.6 is 0 Å². The van der Waals surface area contributed by atoms with Gasteiger partial charge in [0.05, 0.1) is 22.5 Å². The van der Waals surface area contributed by atoms with Crippen molar-refractivity contribution in [3.05, 3.63) is 78.0 Å². The summed E-state index contributed by atoms with van der Waals surface area (Å²) in [5.41, 5.74) is 0.808. The van der Waals surface area contributed by atoms with Crippen LogP contribution in [0, 0.1) is 12.8 Å². The molecule has 14 heteroatoms. The number of hydrogen-bond donors (Lipinski definition) is 3. The molecule has 2 aliphatic carbocycles. The van der Waals surface area contributed by atoms with Crippen molar-refractivity contribution in [2.75, 3.05) is 18.5 Å². The molecule has 1 aromatic heterocycles. The largest absolute Gasteiger partial charge is 0.483 e. The number of para-hydroxylation sites is 2. The molecule has 0 radical (unpaired) electrons. The summed E-state index contributed by atoms with van der Waals surface area (Å²) >= 11 is 0. The van der Waals surface area contributed by atoms with E-state index in [2.05, 4.69) is 15.4 Å². The summed E-state index contributed by atoms with van der Waals surface area (Å²) in [6.45, 7) is 3.58. The van der Waals surface area contributed by atoms with E-state index < -0.39 is 67.7 Å². The highest BCUT2D eigenvalue weighted by molar-refractivity contribution is 7.91. The fourth-order valence-corrected chi connectivity index (χ4v) is 9.97. The van der Waals surface area contributed by atoms with Crippen LogP contribution in [-0.2, 0) is 30.8 Å². The van der Waals surface area contributed by atoms with Gasteiger partial charge in [-0.05, 0) is 83.4 Å². The van der Waals surface area contributed by atoms with Crippen LogP contribution in [0.25, 0.3) is 10.9 Å². The number of hydrogen-bond acceptors (Lipinski definition) is 8. The van der Waals surface area contributed by atoms with Gasteiger partial charge in [0.2, 0.25) is 21.8 Å². The number of urea groups is 1. The van der Waals surface area contributed by atoms with Gasteiger partial charge in [0.25, 0.3) is 5.91 Å². The average molecular weight is 783 g/mol. The smallest absolute Gasteiger partial charge is 0.322 e. The maximum atomic E-state index is 14.9. The van der Waals surface area contributed by atoms with Crippen LogP contribution in [0.15, 0.2) is 66.7 Å². The SMILES string of the molecule is Cc1nc2ccccc2c2c1O[C@]1(CC2)C[C@H]2C(=O)N[C@]3(C(=O)NS(=O)(=O)C4(C)CC4)C[C@H]3/C=C\CCCCC[C@H](NC(=O)N(C)c3ccccc3)C(=O)N2C1. The van der Waals surface area contributed by atoms with Crippen LogP contribution in [0.2, 0.25) is 0 Å². The van der Waals surface area contributed by atoms with Gasteiger partial charge in [-0.25, -0.2) is 18.2 Å². The number of carbonyl (C=O) groups is 4. The highest BCUT2D eigenvalue weighted by Crippen LogP contribution is 2.49. The monoisotopic (exact) mass is 782 g/mol. The Hall–Kier alpha value is -4.98. The zero-order chi connectivity index (χ0) is 39.5. The number of carbonyl (C=O) groups excluding carboxylic acids is 4. The minimum absolute atomic E-state index is 0.0752. The van der Waals surface area contributed by atoms with E-state index in [1.165, 1.54) is 9.80 Å². The maximum Gasteiger partial charge on any atom is 0.322 e. The van der Waals surface area contributed by atoms with Gasteiger partial charge in [0, 0.05) is 36.0 Å². The van der Waals surface area contributed by atoms with Gasteiger partial charge in [-0.2, -0.15) is 0 Å². The Labute approximate surface area is 327 Å². The average Bonchev–Trinajstić information content (AvgIpc) is 4.08. The van der Waals surface area contributed by atoms with Crippen molar-refractivity contribution in [3.63, 3.8) is 0 Å². The molecular weight excluding hydrogens is 733 g/mol. The van der Waals surface area contributed by atoms with Gasteiger partial charge >= 0.3 is 6.03 Å². The molecule has 0 unspecified atom stereocenters. The van der Waals surface area contributed by atoms with Gasteiger partial charge in [-0.15, -0.1) is 0 Å². The summed E-state index contributed by atoms with van der Waals surface area (Å²) in [5.74, 6) is -1.53. The molecular formula is C42H50N6O7S. The Morgan fingerprint density at radius 2 is 1.75 bits per heavy atom. The molecule has 1 spiro atoms. The number of rotatable bonds is 5. The molecule has 3 aromatic rings. The van der Waals surface area contributed by atoms with E-state index in [1.54, 1.807) is 14.0 Å². The molecule has 4 heterocycles. The minimum Gasteiger partial charge on any atom is -0.483 e. The Morgan fingerprint density at radius 3 is 2.52 bits per heavy atom. The molecule has 8 rings (SSSR count). The first-order valence-corrected chi connectivity index (χ1v) is 21.3. The third kappa shape index (κ3) is 6.90. The normalized spacial score (nSPS) is 29.0. The molecule has 1 saturated heterocycles. The summed E-state index contributed by atoms with van der Waals surface area (Å²) in [7, 11) is -2.34. The van der Waals surface area contributed by atoms with E-state index in [4.69, 9.17) is 9.72 Å². The van der Waals surface area contributed by atoms with Crippen LogP contribution in [-0.4, -0.2) is 83.6 Å². The van der Waals surface area contributed by atoms with Gasteiger partial charge in [-0.1, -0.05) is 61.4 Å². The van der Waals surface area contributed by atoms with Crippen molar-refractivity contribution >= 4 is 50.4 Å². The number of pyridine rings is 1. The third-order valence-electron chi connectivity index (χ3n) is 12.6. The van der Waals surface area contributed by atoms with Gasteiger partial charge in [0.15, 0.2) is 0 Å². The first-order valence-electron chi connectivity index (χ1n) is 19.8. The Balaban J connectivity index is 1.13. The fraction of sp³-hybridized carbons (Fsp3) is 0.500. The molecule has 3 aliphatic heterocycles. The number of amides is 5. The number of fused-ring (bicyclic) bond motifs is 5. The summed E-state index contributed by atoms with van der Waals surface area (Å²) in [4.78, 5) is 65.1. The number of benzene rings is 2. The Bertz CT molecular complexity index is 2230.